The van der Waals surface area contributed by atoms with Crippen molar-refractivity contribution in [2.75, 3.05) is 19.6 Å². The van der Waals surface area contributed by atoms with Gasteiger partial charge in [0.25, 0.3) is 0 Å². The second kappa shape index (κ2) is 21.5. The van der Waals surface area contributed by atoms with Gasteiger partial charge in [-0.1, -0.05) is 92.7 Å². The molecule has 308 valence electrons. The first-order valence-electron chi connectivity index (χ1n) is 20.0. The van der Waals surface area contributed by atoms with E-state index >= 15 is 0 Å². The second-order valence-corrected chi connectivity index (χ2v) is 15.2. The molecule has 5 amide bonds. The van der Waals surface area contributed by atoms with Gasteiger partial charge in [0.2, 0.25) is 29.5 Å². The summed E-state index contributed by atoms with van der Waals surface area (Å²) in [6, 6.07) is 23.5. The van der Waals surface area contributed by atoms with Crippen LogP contribution in [0.5, 0.6) is 5.75 Å². The van der Waals surface area contributed by atoms with Crippen LogP contribution in [0.3, 0.4) is 0 Å². The van der Waals surface area contributed by atoms with E-state index in [1.54, 1.807) is 0 Å². The lowest BCUT2D eigenvalue weighted by atomic mass is 10.0. The molecule has 1 saturated heterocycles. The average molecular weight is 793 g/mol. The SMILES string of the molecule is CC(C)[C@H](NC(=O)CCN1CCC(Oc2ccccc2Cc2ccccc2)CC1)C(=O)N[C@@H](Cc1cnc[nH]1)C(=O)N[C@@H](C)C(=O)N[C@H](Cc1ccccc1)C(N)=O. The Kier molecular flexibility index (Phi) is 16.0. The summed E-state index contributed by atoms with van der Waals surface area (Å²) in [5.41, 5.74) is 9.33. The molecule has 4 atom stereocenters. The maximum Gasteiger partial charge on any atom is 0.243 e. The van der Waals surface area contributed by atoms with E-state index in [0.29, 0.717) is 12.2 Å². The predicted molar refractivity (Wildman–Crippen MR) is 220 cm³/mol. The number of ether oxygens (including phenoxy) is 1. The van der Waals surface area contributed by atoms with Crippen molar-refractivity contribution in [3.8, 4) is 5.75 Å². The van der Waals surface area contributed by atoms with Gasteiger partial charge in [-0.15, -0.1) is 0 Å². The van der Waals surface area contributed by atoms with Crippen LogP contribution in [-0.4, -0.2) is 94.3 Å². The van der Waals surface area contributed by atoms with Crippen molar-refractivity contribution in [2.45, 2.75) is 89.6 Å². The Labute approximate surface area is 340 Å². The lowest BCUT2D eigenvalue weighted by Gasteiger charge is -2.32. The summed E-state index contributed by atoms with van der Waals surface area (Å²) in [7, 11) is 0. The van der Waals surface area contributed by atoms with Crippen molar-refractivity contribution in [1.29, 1.82) is 0 Å². The van der Waals surface area contributed by atoms with Crippen molar-refractivity contribution >= 4 is 29.5 Å². The molecule has 1 aliphatic heterocycles. The number of piperidine rings is 1. The molecule has 0 unspecified atom stereocenters. The third-order valence-electron chi connectivity index (χ3n) is 10.3. The molecule has 0 aliphatic carbocycles. The molecule has 14 nitrogen and oxygen atoms in total. The van der Waals surface area contributed by atoms with Gasteiger partial charge in [0.05, 0.1) is 6.33 Å². The van der Waals surface area contributed by atoms with E-state index in [-0.39, 0.29) is 37.2 Å². The highest BCUT2D eigenvalue weighted by atomic mass is 16.5. The summed E-state index contributed by atoms with van der Waals surface area (Å²) in [5.74, 6) is -2.17. The standard InChI is InChI=1S/C44H56N8O6/c1-29(2)40(51-39(53)20-23-52-21-18-35(19-22-52)58-38-17-11-10-16-33(38)24-31-12-6-4-7-13-31)44(57)50-37(26-34-27-46-28-47-34)43(56)48-30(3)42(55)49-36(41(45)54)25-32-14-8-5-9-15-32/h4-17,27-30,35-37,40H,18-26H2,1-3H3,(H2,45,54)(H,46,47)(H,48,56)(H,49,55)(H,50,57)(H,51,53)/t30-,36+,37-,40-/m0/s1. The van der Waals surface area contributed by atoms with Crippen LogP contribution in [-0.2, 0) is 43.2 Å². The van der Waals surface area contributed by atoms with E-state index in [1.807, 2.05) is 80.6 Å². The molecule has 0 saturated carbocycles. The van der Waals surface area contributed by atoms with Crippen LogP contribution >= 0.6 is 0 Å². The fraction of sp³-hybridized carbons (Fsp3) is 0.409. The van der Waals surface area contributed by atoms with Crippen molar-refractivity contribution in [2.24, 2.45) is 11.7 Å². The highest BCUT2D eigenvalue weighted by Crippen LogP contribution is 2.25. The Bertz CT molecular complexity index is 1930. The monoisotopic (exact) mass is 792 g/mol. The number of likely N-dealkylation sites (tertiary alicyclic amines) is 1. The van der Waals surface area contributed by atoms with E-state index in [1.165, 1.54) is 25.0 Å². The number of para-hydroxylation sites is 1. The lowest BCUT2D eigenvalue weighted by molar-refractivity contribution is -0.134. The number of nitrogens with zero attached hydrogens (tertiary/aromatic N) is 2. The van der Waals surface area contributed by atoms with Gasteiger partial charge in [0.15, 0.2) is 0 Å². The first-order chi connectivity index (χ1) is 27.9. The van der Waals surface area contributed by atoms with E-state index in [0.717, 1.165) is 49.2 Å². The van der Waals surface area contributed by atoms with E-state index in [9.17, 15) is 24.0 Å². The fourth-order valence-electron chi connectivity index (χ4n) is 6.89. The number of amides is 5. The number of aromatic nitrogens is 2. The smallest absolute Gasteiger partial charge is 0.243 e. The van der Waals surface area contributed by atoms with Crippen LogP contribution in [0.15, 0.2) is 97.5 Å². The molecule has 1 fully saturated rings. The zero-order valence-corrected chi connectivity index (χ0v) is 33.5. The minimum Gasteiger partial charge on any atom is -0.490 e. The number of imidazole rings is 1. The highest BCUT2D eigenvalue weighted by molar-refractivity contribution is 5.95. The van der Waals surface area contributed by atoms with Gasteiger partial charge in [-0.3, -0.25) is 24.0 Å². The maximum atomic E-state index is 13.7. The van der Waals surface area contributed by atoms with Gasteiger partial charge in [-0.05, 0) is 48.4 Å². The molecular formula is C44H56N8O6. The number of benzene rings is 3. The Balaban J connectivity index is 1.10. The number of nitrogens with one attached hydrogen (secondary N) is 5. The quantitative estimate of drug-likeness (QED) is 0.0785. The van der Waals surface area contributed by atoms with Gasteiger partial charge in [-0.2, -0.15) is 0 Å². The molecular weight excluding hydrogens is 737 g/mol. The van der Waals surface area contributed by atoms with Crippen molar-refractivity contribution < 1.29 is 28.7 Å². The van der Waals surface area contributed by atoms with Crippen LogP contribution in [0.2, 0.25) is 0 Å². The van der Waals surface area contributed by atoms with Crippen LogP contribution in [0.1, 0.15) is 62.4 Å². The fourth-order valence-corrected chi connectivity index (χ4v) is 6.89. The van der Waals surface area contributed by atoms with Crippen molar-refractivity contribution in [3.05, 3.63) is 120 Å². The zero-order valence-electron chi connectivity index (χ0n) is 33.5. The van der Waals surface area contributed by atoms with Gasteiger partial charge in [0.1, 0.15) is 36.0 Å². The summed E-state index contributed by atoms with van der Waals surface area (Å²) in [6.45, 7) is 7.20. The Morgan fingerprint density at radius 1 is 0.776 bits per heavy atom. The summed E-state index contributed by atoms with van der Waals surface area (Å²) in [6.07, 6.45) is 5.95. The first kappa shape index (κ1) is 43.1. The number of hydrogen-bond acceptors (Lipinski definition) is 8. The van der Waals surface area contributed by atoms with Crippen LogP contribution in [0.4, 0.5) is 0 Å². The highest BCUT2D eigenvalue weighted by Gasteiger charge is 2.32. The predicted octanol–water partition coefficient (Wildman–Crippen LogP) is 2.82. The summed E-state index contributed by atoms with van der Waals surface area (Å²) < 4.78 is 6.47. The Morgan fingerprint density at radius 3 is 2.05 bits per heavy atom. The molecule has 0 radical (unpaired) electrons. The maximum absolute atomic E-state index is 13.7. The summed E-state index contributed by atoms with van der Waals surface area (Å²) in [4.78, 5) is 75.0. The molecule has 4 aromatic rings. The van der Waals surface area contributed by atoms with Gasteiger partial charge < -0.3 is 41.6 Å². The van der Waals surface area contributed by atoms with E-state index < -0.39 is 47.8 Å². The first-order valence-corrected chi connectivity index (χ1v) is 20.0. The Morgan fingerprint density at radius 2 is 1.41 bits per heavy atom. The molecule has 14 heteroatoms. The average Bonchev–Trinajstić information content (AvgIpc) is 3.73. The largest absolute Gasteiger partial charge is 0.490 e. The number of rotatable bonds is 20. The Hall–Kier alpha value is -6.02. The van der Waals surface area contributed by atoms with Gasteiger partial charge in [-0.25, -0.2) is 4.98 Å². The third-order valence-corrected chi connectivity index (χ3v) is 10.3. The normalized spacial score (nSPS) is 15.4. The van der Waals surface area contributed by atoms with E-state index in [4.69, 9.17) is 10.5 Å². The summed E-state index contributed by atoms with van der Waals surface area (Å²) in [5, 5.41) is 10.9. The number of carbonyl (C=O) groups is 5. The molecule has 3 aromatic carbocycles. The number of H-pyrrole nitrogens is 1. The number of hydrogen-bond donors (Lipinski definition) is 6. The molecule has 58 heavy (non-hydrogen) atoms. The third kappa shape index (κ3) is 13.3. The van der Waals surface area contributed by atoms with Crippen molar-refractivity contribution in [3.63, 3.8) is 0 Å². The molecule has 1 aliphatic rings. The molecule has 2 heterocycles. The number of carbonyl (C=O) groups excluding carboxylic acids is 5. The van der Waals surface area contributed by atoms with Gasteiger partial charge in [0, 0.05) is 57.2 Å². The topological polar surface area (TPSA) is 201 Å². The number of nitrogens with two attached hydrogens (primary N) is 1. The molecule has 5 rings (SSSR count). The van der Waals surface area contributed by atoms with Crippen LogP contribution in [0.25, 0.3) is 0 Å². The van der Waals surface area contributed by atoms with E-state index in [2.05, 4.69) is 54.3 Å². The minimum atomic E-state index is -1.12. The second-order valence-electron chi connectivity index (χ2n) is 15.2. The van der Waals surface area contributed by atoms with Gasteiger partial charge >= 0.3 is 0 Å². The molecule has 0 spiro atoms. The minimum absolute atomic E-state index is 0.0425. The zero-order chi connectivity index (χ0) is 41.4. The molecule has 0 bridgehead atoms. The molecule has 1 aromatic heterocycles. The number of aromatic amines is 1. The molecule has 7 N–H and O–H groups in total. The lowest BCUT2D eigenvalue weighted by Crippen LogP contribution is -2.58. The summed E-state index contributed by atoms with van der Waals surface area (Å²) >= 11 is 0. The van der Waals surface area contributed by atoms with Crippen molar-refractivity contribution in [1.82, 2.24) is 36.1 Å². The van der Waals surface area contributed by atoms with Crippen LogP contribution in [0, 0.1) is 5.92 Å². The van der Waals surface area contributed by atoms with Crippen LogP contribution < -0.4 is 31.7 Å². The number of primary amides is 1.